The second kappa shape index (κ2) is 3.74. The Hall–Kier alpha value is -1.02. The normalized spacial score (nSPS) is 36.9. The fourth-order valence-electron chi connectivity index (χ4n) is 4.72. The Kier molecular flexibility index (Phi) is 2.25. The first-order valence-electron chi connectivity index (χ1n) is 7.26. The Balaban J connectivity index is 1.88. The van der Waals surface area contributed by atoms with Crippen molar-refractivity contribution < 1.29 is 4.74 Å². The minimum Gasteiger partial charge on any atom is -0.497 e. The zero-order valence-electron chi connectivity index (χ0n) is 11.0. The van der Waals surface area contributed by atoms with Gasteiger partial charge in [0.2, 0.25) is 0 Å². The Morgan fingerprint density at radius 2 is 2.28 bits per heavy atom. The average molecular weight is 243 g/mol. The van der Waals surface area contributed by atoms with Crippen LogP contribution in [0.5, 0.6) is 5.75 Å². The summed E-state index contributed by atoms with van der Waals surface area (Å²) in [7, 11) is 1.77. The van der Waals surface area contributed by atoms with Crippen LogP contribution in [0.2, 0.25) is 0 Å². The fourth-order valence-corrected chi connectivity index (χ4v) is 4.72. The van der Waals surface area contributed by atoms with Crippen LogP contribution in [0.25, 0.3) is 0 Å². The van der Waals surface area contributed by atoms with Crippen molar-refractivity contribution in [1.82, 2.24) is 5.32 Å². The third-order valence-electron chi connectivity index (χ3n) is 5.50. The van der Waals surface area contributed by atoms with E-state index in [1.54, 1.807) is 18.2 Å². The van der Waals surface area contributed by atoms with Gasteiger partial charge in [0.15, 0.2) is 0 Å². The molecule has 96 valence electrons. The van der Waals surface area contributed by atoms with Crippen molar-refractivity contribution >= 4 is 0 Å². The maximum atomic E-state index is 5.44. The van der Waals surface area contributed by atoms with Gasteiger partial charge in [-0.3, -0.25) is 0 Å². The number of rotatable bonds is 1. The van der Waals surface area contributed by atoms with E-state index in [0.29, 0.717) is 0 Å². The van der Waals surface area contributed by atoms with Gasteiger partial charge in [-0.25, -0.2) is 0 Å². The molecule has 3 atom stereocenters. The maximum Gasteiger partial charge on any atom is 0.119 e. The lowest BCUT2D eigenvalue weighted by molar-refractivity contribution is 0.153. The van der Waals surface area contributed by atoms with Gasteiger partial charge in [0, 0.05) is 5.54 Å². The summed E-state index contributed by atoms with van der Waals surface area (Å²) in [6.45, 7) is 1.21. The largest absolute Gasteiger partial charge is 0.497 e. The molecule has 0 amide bonds. The molecule has 1 saturated heterocycles. The molecule has 1 aliphatic heterocycles. The third-order valence-corrected chi connectivity index (χ3v) is 5.50. The van der Waals surface area contributed by atoms with Crippen molar-refractivity contribution in [1.29, 1.82) is 0 Å². The van der Waals surface area contributed by atoms with Gasteiger partial charge in [-0.15, -0.1) is 0 Å². The zero-order valence-corrected chi connectivity index (χ0v) is 11.0. The smallest absolute Gasteiger partial charge is 0.119 e. The molecule has 1 heterocycles. The number of ether oxygens (including phenoxy) is 1. The zero-order chi connectivity index (χ0) is 12.2. The van der Waals surface area contributed by atoms with Crippen molar-refractivity contribution in [3.05, 3.63) is 29.3 Å². The van der Waals surface area contributed by atoms with Crippen LogP contribution in [0.4, 0.5) is 0 Å². The highest BCUT2D eigenvalue weighted by molar-refractivity contribution is 5.45. The first-order valence-corrected chi connectivity index (χ1v) is 7.26. The Labute approximate surface area is 109 Å². The molecule has 3 aliphatic rings. The number of hydrogen-bond acceptors (Lipinski definition) is 2. The molecular formula is C16H21NO. The van der Waals surface area contributed by atoms with E-state index in [2.05, 4.69) is 23.5 Å². The summed E-state index contributed by atoms with van der Waals surface area (Å²) >= 11 is 0. The molecule has 2 bridgehead atoms. The number of methoxy groups -OCH3 is 1. The lowest BCUT2D eigenvalue weighted by Crippen LogP contribution is -2.46. The number of fused-ring (bicyclic) bond motifs is 1. The Morgan fingerprint density at radius 1 is 1.33 bits per heavy atom. The molecule has 2 heteroatoms. The van der Waals surface area contributed by atoms with E-state index in [4.69, 9.17) is 4.74 Å². The van der Waals surface area contributed by atoms with Gasteiger partial charge >= 0.3 is 0 Å². The van der Waals surface area contributed by atoms with Gasteiger partial charge in [0.05, 0.1) is 7.11 Å². The van der Waals surface area contributed by atoms with E-state index in [1.807, 2.05) is 0 Å². The predicted octanol–water partition coefficient (Wildman–Crippen LogP) is 2.86. The highest BCUT2D eigenvalue weighted by Crippen LogP contribution is 2.54. The highest BCUT2D eigenvalue weighted by atomic mass is 16.5. The lowest BCUT2D eigenvalue weighted by atomic mass is 9.61. The van der Waals surface area contributed by atoms with Crippen molar-refractivity contribution in [3.8, 4) is 5.75 Å². The van der Waals surface area contributed by atoms with Gasteiger partial charge in [0.1, 0.15) is 5.75 Å². The predicted molar refractivity (Wildman–Crippen MR) is 71.8 cm³/mol. The van der Waals surface area contributed by atoms with E-state index in [9.17, 15) is 0 Å². The monoisotopic (exact) mass is 243 g/mol. The lowest BCUT2D eigenvalue weighted by Gasteiger charge is -2.45. The minimum absolute atomic E-state index is 0.283. The molecule has 1 aromatic rings. The third kappa shape index (κ3) is 1.27. The molecule has 1 aromatic carbocycles. The van der Waals surface area contributed by atoms with Crippen molar-refractivity contribution in [2.75, 3.05) is 13.7 Å². The molecule has 2 fully saturated rings. The van der Waals surface area contributed by atoms with E-state index >= 15 is 0 Å². The molecule has 0 aromatic heterocycles. The van der Waals surface area contributed by atoms with Gasteiger partial charge in [-0.1, -0.05) is 18.9 Å². The number of nitrogens with one attached hydrogen (secondary N) is 1. The number of benzene rings is 1. The fraction of sp³-hybridized carbons (Fsp3) is 0.625. The molecule has 0 radical (unpaired) electrons. The summed E-state index contributed by atoms with van der Waals surface area (Å²) in [4.78, 5) is 0. The minimum atomic E-state index is 0.283. The summed E-state index contributed by atoms with van der Waals surface area (Å²) in [6.07, 6.45) is 6.78. The molecule has 1 saturated carbocycles. The number of hydrogen-bond donors (Lipinski definition) is 1. The molecule has 0 spiro atoms. The van der Waals surface area contributed by atoms with Crippen LogP contribution in [0.3, 0.4) is 0 Å². The van der Waals surface area contributed by atoms with Gasteiger partial charge in [0.25, 0.3) is 0 Å². The van der Waals surface area contributed by atoms with Crippen LogP contribution >= 0.6 is 0 Å². The molecular weight excluding hydrogens is 222 g/mol. The van der Waals surface area contributed by atoms with Crippen LogP contribution in [0.15, 0.2) is 18.2 Å². The van der Waals surface area contributed by atoms with Crippen LogP contribution in [-0.4, -0.2) is 13.7 Å². The Morgan fingerprint density at radius 3 is 3.17 bits per heavy atom. The summed E-state index contributed by atoms with van der Waals surface area (Å²) in [5.74, 6) is 2.75. The van der Waals surface area contributed by atoms with E-state index in [0.717, 1.165) is 17.6 Å². The molecule has 2 nitrogen and oxygen atoms in total. The highest BCUT2D eigenvalue weighted by Gasteiger charge is 2.53. The summed E-state index contributed by atoms with van der Waals surface area (Å²) in [5.41, 5.74) is 3.38. The van der Waals surface area contributed by atoms with Crippen molar-refractivity contribution in [2.24, 2.45) is 11.8 Å². The standard InChI is InChI=1S/C16H21NO/c1-18-13-6-5-11-8-12-10-17-16(15(11)9-13)7-3-2-4-14(12)16/h5-6,9,12,14,17H,2-4,7-8,10H2,1H3. The first-order chi connectivity index (χ1) is 8.83. The van der Waals surface area contributed by atoms with Crippen LogP contribution in [0, 0.1) is 11.8 Å². The molecule has 18 heavy (non-hydrogen) atoms. The second-order valence-corrected chi connectivity index (χ2v) is 6.19. The van der Waals surface area contributed by atoms with E-state index in [-0.39, 0.29) is 5.54 Å². The molecule has 2 aliphatic carbocycles. The van der Waals surface area contributed by atoms with Gasteiger partial charge in [-0.05, 0) is 60.9 Å². The quantitative estimate of drug-likeness (QED) is 0.819. The molecule has 3 unspecified atom stereocenters. The molecule has 4 rings (SSSR count). The Bertz CT molecular complexity index is 484. The first kappa shape index (κ1) is 10.9. The SMILES string of the molecule is COc1ccc2c(c1)C13CCCCC1C(CN3)C2. The van der Waals surface area contributed by atoms with E-state index in [1.165, 1.54) is 38.6 Å². The second-order valence-electron chi connectivity index (χ2n) is 6.19. The summed E-state index contributed by atoms with van der Waals surface area (Å²) < 4.78 is 5.44. The van der Waals surface area contributed by atoms with E-state index < -0.39 is 0 Å². The average Bonchev–Trinajstić information content (AvgIpc) is 2.72. The van der Waals surface area contributed by atoms with Gasteiger partial charge in [-0.2, -0.15) is 0 Å². The summed E-state index contributed by atoms with van der Waals surface area (Å²) in [6, 6.07) is 6.71. The molecule has 1 N–H and O–H groups in total. The van der Waals surface area contributed by atoms with Crippen molar-refractivity contribution in [3.63, 3.8) is 0 Å². The van der Waals surface area contributed by atoms with Crippen LogP contribution in [-0.2, 0) is 12.0 Å². The van der Waals surface area contributed by atoms with Crippen LogP contribution < -0.4 is 10.1 Å². The van der Waals surface area contributed by atoms with Crippen molar-refractivity contribution in [2.45, 2.75) is 37.6 Å². The summed E-state index contributed by atoms with van der Waals surface area (Å²) in [5, 5.41) is 3.89. The van der Waals surface area contributed by atoms with Crippen LogP contribution in [0.1, 0.15) is 36.8 Å². The topological polar surface area (TPSA) is 21.3 Å². The maximum absolute atomic E-state index is 5.44. The van der Waals surface area contributed by atoms with Gasteiger partial charge < -0.3 is 10.1 Å².